The molecule has 0 aliphatic heterocycles. The van der Waals surface area contributed by atoms with Crippen molar-refractivity contribution < 1.29 is 9.00 Å². The van der Waals surface area contributed by atoms with Gasteiger partial charge in [-0.05, 0) is 61.2 Å². The van der Waals surface area contributed by atoms with Crippen molar-refractivity contribution in [1.82, 2.24) is 9.29 Å². The number of rotatable bonds is 9. The maximum absolute atomic E-state index is 13.1. The molecule has 0 saturated heterocycles. The van der Waals surface area contributed by atoms with Gasteiger partial charge in [-0.25, -0.2) is 9.00 Å². The number of carbonyl (C=O) groups is 1. The van der Waals surface area contributed by atoms with Gasteiger partial charge in [0.15, 0.2) is 11.0 Å². The highest BCUT2D eigenvalue weighted by molar-refractivity contribution is 8.19. The number of thioether (sulfide) groups is 1. The lowest BCUT2D eigenvalue weighted by molar-refractivity contribution is 0.257. The van der Waals surface area contributed by atoms with Crippen LogP contribution < -0.4 is 20.9 Å². The van der Waals surface area contributed by atoms with E-state index in [1.54, 1.807) is 30.5 Å². The summed E-state index contributed by atoms with van der Waals surface area (Å²) in [6.07, 6.45) is 4.13. The number of pyridine rings is 1. The van der Waals surface area contributed by atoms with E-state index in [1.807, 2.05) is 32.0 Å². The molecule has 1 heterocycles. The molecule has 3 N–H and O–H groups in total. The van der Waals surface area contributed by atoms with Gasteiger partial charge in [-0.15, -0.1) is 0 Å². The largest absolute Gasteiger partial charge is 0.385 e. The van der Waals surface area contributed by atoms with E-state index >= 15 is 0 Å². The van der Waals surface area contributed by atoms with Crippen molar-refractivity contribution in [1.29, 1.82) is 0 Å². The van der Waals surface area contributed by atoms with Crippen LogP contribution in [0.15, 0.2) is 74.7 Å². The second kappa shape index (κ2) is 12.3. The fraction of sp³-hybridized carbons (Fsp3) is 0.167. The Balaban J connectivity index is 1.74. The molecule has 1 aromatic heterocycles. The Labute approximate surface area is 220 Å². The number of urea groups is 1. The van der Waals surface area contributed by atoms with E-state index in [9.17, 15) is 13.8 Å². The molecule has 0 aliphatic rings. The molecule has 1 unspecified atom stereocenters. The lowest BCUT2D eigenvalue weighted by Gasteiger charge is -2.13. The summed E-state index contributed by atoms with van der Waals surface area (Å²) in [7, 11) is -1.85. The summed E-state index contributed by atoms with van der Waals surface area (Å²) in [5, 5.41) is 7.42. The second-order valence-corrected chi connectivity index (χ2v) is 10.9. The topological polar surface area (TPSA) is 92.2 Å². The summed E-state index contributed by atoms with van der Waals surface area (Å²) in [6, 6.07) is 11.4. The van der Waals surface area contributed by atoms with Gasteiger partial charge in [0.2, 0.25) is 0 Å². The number of anilines is 2. The van der Waals surface area contributed by atoms with Crippen molar-refractivity contribution in [3.8, 4) is 5.69 Å². The first kappa shape index (κ1) is 26.9. The third-order valence-electron chi connectivity index (χ3n) is 4.72. The van der Waals surface area contributed by atoms with Gasteiger partial charge in [0, 0.05) is 29.5 Å². The number of nitrogens with one attached hydrogen (secondary N) is 3. The van der Waals surface area contributed by atoms with Gasteiger partial charge >= 0.3 is 6.03 Å². The van der Waals surface area contributed by atoms with Gasteiger partial charge < -0.3 is 10.6 Å². The van der Waals surface area contributed by atoms with E-state index in [-0.39, 0.29) is 14.8 Å². The molecule has 0 saturated carbocycles. The Morgan fingerprint density at radius 1 is 1.17 bits per heavy atom. The van der Waals surface area contributed by atoms with Crippen LogP contribution in [0.25, 0.3) is 16.5 Å². The van der Waals surface area contributed by atoms with Crippen molar-refractivity contribution in [3.05, 3.63) is 85.3 Å². The maximum atomic E-state index is 13.1. The summed E-state index contributed by atoms with van der Waals surface area (Å²) in [4.78, 5) is 25.3. The van der Waals surface area contributed by atoms with Gasteiger partial charge in [0.25, 0.3) is 5.56 Å². The predicted octanol–water partition coefficient (Wildman–Crippen LogP) is 6.56. The number of aromatic nitrogens is 1. The van der Waals surface area contributed by atoms with Gasteiger partial charge in [0.05, 0.1) is 19.3 Å². The minimum atomic E-state index is -1.85. The molecule has 3 rings (SSSR count). The number of halogens is 2. The normalized spacial score (nSPS) is 12.3. The van der Waals surface area contributed by atoms with Crippen molar-refractivity contribution in [2.24, 2.45) is 0 Å². The van der Waals surface area contributed by atoms with Gasteiger partial charge in [-0.2, -0.15) is 0 Å². The first-order valence-corrected chi connectivity index (χ1v) is 13.4. The first-order chi connectivity index (χ1) is 16.7. The summed E-state index contributed by atoms with van der Waals surface area (Å²) in [5.41, 5.74) is 1.55. The third-order valence-corrected chi connectivity index (χ3v) is 7.48. The summed E-state index contributed by atoms with van der Waals surface area (Å²) in [6.45, 7) is 8.38. The molecule has 3 aromatic rings. The molecular formula is C24H24Cl2N4O3S2. The Morgan fingerprint density at radius 2 is 1.91 bits per heavy atom. The third kappa shape index (κ3) is 6.91. The number of amides is 2. The molecule has 2 aromatic carbocycles. The first-order valence-electron chi connectivity index (χ1n) is 10.6. The number of nitrogens with zero attached hydrogens (tertiary/aromatic N) is 1. The standard InChI is InChI=1S/C24H24Cl2N4O3S2/c1-4-6-22(26)34-15(3)35(33)29-24(32)28-18-8-10-21(20(25)14-18)30-12-11-16-13-17(27-5-2)7-9-19(16)23(30)31/h6-14,27H,3-5H2,1-2H3,(H2,28,29,32)/b22-6-. The van der Waals surface area contributed by atoms with Crippen LogP contribution in [0, 0.1) is 0 Å². The molecule has 35 heavy (non-hydrogen) atoms. The summed E-state index contributed by atoms with van der Waals surface area (Å²) in [5.74, 6) is 0. The Morgan fingerprint density at radius 3 is 2.60 bits per heavy atom. The molecule has 0 bridgehead atoms. The summed E-state index contributed by atoms with van der Waals surface area (Å²) >= 11 is 13.5. The molecule has 0 spiro atoms. The number of hydrogen-bond acceptors (Lipinski definition) is 5. The summed E-state index contributed by atoms with van der Waals surface area (Å²) < 4.78 is 16.6. The zero-order chi connectivity index (χ0) is 25.5. The quantitative estimate of drug-likeness (QED) is 0.280. The van der Waals surface area contributed by atoms with Crippen LogP contribution >= 0.6 is 35.0 Å². The smallest absolute Gasteiger partial charge is 0.331 e. The molecule has 0 radical (unpaired) electrons. The van der Waals surface area contributed by atoms with Crippen molar-refractivity contribution in [2.45, 2.75) is 20.3 Å². The average Bonchev–Trinajstić information content (AvgIpc) is 2.80. The van der Waals surface area contributed by atoms with Gasteiger partial charge in [0.1, 0.15) is 0 Å². The lowest BCUT2D eigenvalue weighted by Crippen LogP contribution is -2.30. The van der Waals surface area contributed by atoms with Crippen LogP contribution in [0.2, 0.25) is 5.02 Å². The van der Waals surface area contributed by atoms with Crippen LogP contribution in [-0.4, -0.2) is 21.4 Å². The van der Waals surface area contributed by atoms with Crippen LogP contribution in [0.1, 0.15) is 20.3 Å². The Bertz CT molecular complexity index is 1390. The van der Waals surface area contributed by atoms with Crippen molar-refractivity contribution in [2.75, 3.05) is 17.2 Å². The van der Waals surface area contributed by atoms with E-state index < -0.39 is 17.0 Å². The fourth-order valence-electron chi connectivity index (χ4n) is 3.18. The van der Waals surface area contributed by atoms with Crippen LogP contribution in [-0.2, 0) is 11.0 Å². The number of hydrogen-bond donors (Lipinski definition) is 3. The van der Waals surface area contributed by atoms with Crippen molar-refractivity contribution in [3.63, 3.8) is 0 Å². The second-order valence-electron chi connectivity index (χ2n) is 7.20. The number of fused-ring (bicyclic) bond motifs is 1. The average molecular weight is 552 g/mol. The lowest BCUT2D eigenvalue weighted by atomic mass is 10.1. The Kier molecular flexibility index (Phi) is 9.45. The molecular weight excluding hydrogens is 527 g/mol. The zero-order valence-corrected chi connectivity index (χ0v) is 22.2. The van der Waals surface area contributed by atoms with E-state index in [1.165, 1.54) is 10.6 Å². The van der Waals surface area contributed by atoms with E-state index in [0.29, 0.717) is 21.1 Å². The highest BCUT2D eigenvalue weighted by Crippen LogP contribution is 2.29. The molecule has 1 atom stereocenters. The van der Waals surface area contributed by atoms with Crippen molar-refractivity contribution >= 4 is 74.1 Å². The predicted molar refractivity (Wildman–Crippen MR) is 150 cm³/mol. The molecule has 184 valence electrons. The molecule has 7 nitrogen and oxygen atoms in total. The molecule has 2 amide bonds. The minimum absolute atomic E-state index is 0.191. The van der Waals surface area contributed by atoms with Crippen LogP contribution in [0.3, 0.4) is 0 Å². The van der Waals surface area contributed by atoms with E-state index in [4.69, 9.17) is 23.2 Å². The number of benzene rings is 2. The SMILES string of the molecule is C=C(S/C(Cl)=C\CC)S(=O)NC(=O)Nc1ccc(-n2ccc3cc(NCC)ccc3c2=O)c(Cl)c1. The minimum Gasteiger partial charge on any atom is -0.385 e. The highest BCUT2D eigenvalue weighted by Gasteiger charge is 2.14. The zero-order valence-electron chi connectivity index (χ0n) is 19.1. The fourth-order valence-corrected chi connectivity index (χ4v) is 5.52. The number of carbonyl (C=O) groups excluding carboxylic acids is 1. The van der Waals surface area contributed by atoms with Crippen LogP contribution in [0.5, 0.6) is 0 Å². The van der Waals surface area contributed by atoms with Gasteiger partial charge in [-0.3, -0.25) is 14.1 Å². The van der Waals surface area contributed by atoms with E-state index in [2.05, 4.69) is 21.9 Å². The Hall–Kier alpha value is -2.72. The number of allylic oxidation sites excluding steroid dienone is 1. The monoisotopic (exact) mass is 550 g/mol. The van der Waals surface area contributed by atoms with Crippen LogP contribution in [0.4, 0.5) is 16.2 Å². The van der Waals surface area contributed by atoms with Gasteiger partial charge in [-0.1, -0.05) is 54.5 Å². The molecule has 0 aliphatic carbocycles. The highest BCUT2D eigenvalue weighted by atomic mass is 35.5. The molecule has 11 heteroatoms. The maximum Gasteiger partial charge on any atom is 0.331 e. The van der Waals surface area contributed by atoms with E-state index in [0.717, 1.165) is 35.8 Å². The molecule has 0 fully saturated rings.